The molecule has 0 aliphatic carbocycles. The molecule has 280 valence electrons. The summed E-state index contributed by atoms with van der Waals surface area (Å²) < 4.78 is 11.1. The zero-order chi connectivity index (χ0) is 34.1. The van der Waals surface area contributed by atoms with Crippen LogP contribution >= 0.6 is 0 Å². The summed E-state index contributed by atoms with van der Waals surface area (Å²) in [5.41, 5.74) is 0. The normalized spacial score (nSPS) is 12.3. The van der Waals surface area contributed by atoms with Gasteiger partial charge >= 0.3 is 5.97 Å². The number of aliphatic hydroxyl groups is 1. The average Bonchev–Trinajstić information content (AvgIpc) is 3.08. The summed E-state index contributed by atoms with van der Waals surface area (Å²) in [6.07, 6.45) is 48.4. The van der Waals surface area contributed by atoms with Crippen molar-refractivity contribution in [2.75, 3.05) is 19.8 Å². The molecular weight excluding hydrogens is 580 g/mol. The molecule has 1 unspecified atom stereocenters. The Morgan fingerprint density at radius 3 is 1.26 bits per heavy atom. The number of esters is 1. The van der Waals surface area contributed by atoms with E-state index in [1.54, 1.807) is 0 Å². The highest BCUT2D eigenvalue weighted by molar-refractivity contribution is 5.69. The number of allylic oxidation sites excluding steroid dienone is 2. The lowest BCUT2D eigenvalue weighted by Gasteiger charge is -2.15. The Bertz CT molecular complexity index is 619. The number of carbonyl (C=O) groups excluding carboxylic acids is 1. The van der Waals surface area contributed by atoms with E-state index in [-0.39, 0.29) is 12.6 Å². The molecule has 0 saturated carbocycles. The molecular formula is C43H84O4. The Morgan fingerprint density at radius 2 is 0.830 bits per heavy atom. The monoisotopic (exact) mass is 665 g/mol. The molecule has 0 radical (unpaired) electrons. The van der Waals surface area contributed by atoms with Gasteiger partial charge in [-0.1, -0.05) is 199 Å². The largest absolute Gasteiger partial charge is 0.457 e. The lowest BCUT2D eigenvalue weighted by atomic mass is 10.0. The molecule has 1 N–H and O–H groups in total. The van der Waals surface area contributed by atoms with Crippen molar-refractivity contribution in [1.29, 1.82) is 0 Å². The lowest BCUT2D eigenvalue weighted by molar-refractivity contribution is -0.154. The topological polar surface area (TPSA) is 55.8 Å². The molecule has 0 heterocycles. The standard InChI is InChI=1S/C43H84O4/c1-3-5-7-9-11-13-15-17-18-19-20-21-22-23-24-25-26-28-30-32-34-36-38-43(45)47-42(40-44)41-46-39-37-35-33-31-29-27-16-14-12-10-8-6-4-2/h12,14,42,44H,3-11,13,15-41H2,1-2H3/b14-12-. The van der Waals surface area contributed by atoms with Crippen LogP contribution in [0, 0.1) is 0 Å². The van der Waals surface area contributed by atoms with Gasteiger partial charge in [0.05, 0.1) is 13.2 Å². The molecule has 0 aliphatic rings. The second-order valence-corrected chi connectivity index (χ2v) is 14.4. The van der Waals surface area contributed by atoms with E-state index >= 15 is 0 Å². The zero-order valence-corrected chi connectivity index (χ0v) is 32.1. The van der Waals surface area contributed by atoms with Gasteiger partial charge in [0.1, 0.15) is 6.10 Å². The number of rotatable bonds is 40. The smallest absolute Gasteiger partial charge is 0.306 e. The third kappa shape index (κ3) is 39.5. The third-order valence-electron chi connectivity index (χ3n) is 9.59. The number of unbranched alkanes of at least 4 members (excludes halogenated alkanes) is 30. The van der Waals surface area contributed by atoms with Crippen LogP contribution < -0.4 is 0 Å². The summed E-state index contributed by atoms with van der Waals surface area (Å²) in [7, 11) is 0. The average molecular weight is 665 g/mol. The van der Waals surface area contributed by atoms with Crippen LogP contribution in [0.15, 0.2) is 12.2 Å². The fourth-order valence-corrected chi connectivity index (χ4v) is 6.38. The van der Waals surface area contributed by atoms with Crippen molar-refractivity contribution in [2.24, 2.45) is 0 Å². The molecule has 0 spiro atoms. The van der Waals surface area contributed by atoms with E-state index in [1.807, 2.05) is 0 Å². The Hall–Kier alpha value is -0.870. The quantitative estimate of drug-likeness (QED) is 0.0402. The van der Waals surface area contributed by atoms with Crippen LogP contribution in [0.25, 0.3) is 0 Å². The Balaban J connectivity index is 3.36. The highest BCUT2D eigenvalue weighted by Crippen LogP contribution is 2.16. The number of carbonyl (C=O) groups is 1. The maximum atomic E-state index is 12.2. The van der Waals surface area contributed by atoms with Crippen molar-refractivity contribution in [3.63, 3.8) is 0 Å². The number of ether oxygens (including phenoxy) is 2. The number of hydrogen-bond acceptors (Lipinski definition) is 4. The van der Waals surface area contributed by atoms with Gasteiger partial charge in [-0.2, -0.15) is 0 Å². The molecule has 0 aromatic heterocycles. The van der Waals surface area contributed by atoms with Gasteiger partial charge in [-0.3, -0.25) is 4.79 Å². The predicted molar refractivity (Wildman–Crippen MR) is 205 cm³/mol. The highest BCUT2D eigenvalue weighted by atomic mass is 16.6. The van der Waals surface area contributed by atoms with E-state index in [2.05, 4.69) is 26.0 Å². The van der Waals surface area contributed by atoms with E-state index in [0.717, 1.165) is 19.3 Å². The molecule has 47 heavy (non-hydrogen) atoms. The van der Waals surface area contributed by atoms with Gasteiger partial charge in [0.2, 0.25) is 0 Å². The molecule has 0 aromatic carbocycles. The van der Waals surface area contributed by atoms with Gasteiger partial charge in [-0.05, 0) is 38.5 Å². The molecule has 0 fully saturated rings. The summed E-state index contributed by atoms with van der Waals surface area (Å²) in [5, 5.41) is 9.58. The van der Waals surface area contributed by atoms with Crippen LogP contribution in [0.5, 0.6) is 0 Å². The van der Waals surface area contributed by atoms with E-state index in [0.29, 0.717) is 19.6 Å². The zero-order valence-electron chi connectivity index (χ0n) is 32.1. The molecule has 0 saturated heterocycles. The first kappa shape index (κ1) is 46.1. The molecule has 4 nitrogen and oxygen atoms in total. The first-order valence-electron chi connectivity index (χ1n) is 21.3. The first-order valence-corrected chi connectivity index (χ1v) is 21.3. The molecule has 4 heteroatoms. The van der Waals surface area contributed by atoms with Crippen molar-refractivity contribution in [3.8, 4) is 0 Å². The van der Waals surface area contributed by atoms with Gasteiger partial charge in [0.25, 0.3) is 0 Å². The SMILES string of the molecule is CCCCC/C=C\CCCCCCCCOCC(CO)OC(=O)CCCCCCCCCCCCCCCCCCCCCCCC. The van der Waals surface area contributed by atoms with Crippen LogP contribution in [0.2, 0.25) is 0 Å². The lowest BCUT2D eigenvalue weighted by Crippen LogP contribution is -2.27. The second-order valence-electron chi connectivity index (χ2n) is 14.4. The maximum absolute atomic E-state index is 12.2. The van der Waals surface area contributed by atoms with Crippen LogP contribution in [0.3, 0.4) is 0 Å². The van der Waals surface area contributed by atoms with Gasteiger partial charge in [0, 0.05) is 13.0 Å². The van der Waals surface area contributed by atoms with E-state index in [1.165, 1.54) is 193 Å². The predicted octanol–water partition coefficient (Wildman–Crippen LogP) is 13.8. The van der Waals surface area contributed by atoms with Crippen LogP contribution in [-0.4, -0.2) is 37.0 Å². The summed E-state index contributed by atoms with van der Waals surface area (Å²) in [6, 6.07) is 0. The number of hydrogen-bond donors (Lipinski definition) is 1. The Kier molecular flexibility index (Phi) is 40.5. The van der Waals surface area contributed by atoms with E-state index < -0.39 is 6.10 Å². The van der Waals surface area contributed by atoms with Gasteiger partial charge < -0.3 is 14.6 Å². The second kappa shape index (κ2) is 41.3. The third-order valence-corrected chi connectivity index (χ3v) is 9.59. The van der Waals surface area contributed by atoms with Crippen LogP contribution in [0.1, 0.15) is 232 Å². The van der Waals surface area contributed by atoms with Gasteiger partial charge in [-0.15, -0.1) is 0 Å². The van der Waals surface area contributed by atoms with E-state index in [4.69, 9.17) is 9.47 Å². The maximum Gasteiger partial charge on any atom is 0.306 e. The first-order chi connectivity index (χ1) is 23.2. The summed E-state index contributed by atoms with van der Waals surface area (Å²) in [5.74, 6) is -0.198. The molecule has 0 amide bonds. The molecule has 0 aromatic rings. The highest BCUT2D eigenvalue weighted by Gasteiger charge is 2.13. The van der Waals surface area contributed by atoms with Crippen molar-refractivity contribution < 1.29 is 19.4 Å². The number of aliphatic hydroxyl groups excluding tert-OH is 1. The van der Waals surface area contributed by atoms with Gasteiger partial charge in [-0.25, -0.2) is 0 Å². The van der Waals surface area contributed by atoms with Crippen LogP contribution in [-0.2, 0) is 14.3 Å². The Morgan fingerprint density at radius 1 is 0.489 bits per heavy atom. The molecule has 1 atom stereocenters. The molecule has 0 bridgehead atoms. The van der Waals surface area contributed by atoms with E-state index in [9.17, 15) is 9.90 Å². The fraction of sp³-hybridized carbons (Fsp3) is 0.930. The fourth-order valence-electron chi connectivity index (χ4n) is 6.38. The summed E-state index contributed by atoms with van der Waals surface area (Å²) >= 11 is 0. The minimum absolute atomic E-state index is 0.169. The van der Waals surface area contributed by atoms with Gasteiger partial charge in [0.15, 0.2) is 0 Å². The van der Waals surface area contributed by atoms with Crippen LogP contribution in [0.4, 0.5) is 0 Å². The summed E-state index contributed by atoms with van der Waals surface area (Å²) in [6.45, 7) is 5.35. The van der Waals surface area contributed by atoms with Crippen molar-refractivity contribution in [3.05, 3.63) is 12.2 Å². The minimum atomic E-state index is -0.530. The van der Waals surface area contributed by atoms with Crippen molar-refractivity contribution >= 4 is 5.97 Å². The van der Waals surface area contributed by atoms with Crippen molar-refractivity contribution in [2.45, 2.75) is 238 Å². The Labute approximate surface area is 295 Å². The molecule has 0 aliphatic heterocycles. The minimum Gasteiger partial charge on any atom is -0.457 e. The van der Waals surface area contributed by atoms with Crippen molar-refractivity contribution in [1.82, 2.24) is 0 Å². The summed E-state index contributed by atoms with van der Waals surface area (Å²) in [4.78, 5) is 12.2. The molecule has 0 rings (SSSR count).